The topological polar surface area (TPSA) is 30.0 Å². The maximum atomic E-state index is 12.8. The summed E-state index contributed by atoms with van der Waals surface area (Å²) >= 11 is 3.46. The first-order chi connectivity index (χ1) is 9.66. The van der Waals surface area contributed by atoms with Crippen molar-refractivity contribution in [1.82, 2.24) is 4.98 Å². The number of carbonyl (C=O) groups excluding carboxylic acids is 1. The van der Waals surface area contributed by atoms with Gasteiger partial charge in [-0.15, -0.1) is 0 Å². The number of pyridine rings is 1. The van der Waals surface area contributed by atoms with E-state index in [9.17, 15) is 4.79 Å². The lowest BCUT2D eigenvalue weighted by atomic mass is 9.98. The van der Waals surface area contributed by atoms with Gasteiger partial charge in [-0.3, -0.25) is 9.78 Å². The van der Waals surface area contributed by atoms with E-state index in [2.05, 4.69) is 20.9 Å². The molecule has 0 fully saturated rings. The molecular weight excluding hydrogens is 314 g/mol. The summed E-state index contributed by atoms with van der Waals surface area (Å²) in [5.41, 5.74) is 3.26. The third-order valence-electron chi connectivity index (χ3n) is 3.26. The monoisotopic (exact) mass is 325 g/mol. The van der Waals surface area contributed by atoms with Gasteiger partial charge in [-0.25, -0.2) is 0 Å². The molecule has 0 saturated heterocycles. The predicted molar refractivity (Wildman–Crippen MR) is 84.1 cm³/mol. The molecule has 0 radical (unpaired) electrons. The van der Waals surface area contributed by atoms with E-state index >= 15 is 0 Å². The fourth-order valence-corrected chi connectivity index (χ4v) is 2.69. The maximum Gasteiger partial charge on any atom is 0.194 e. The Kier molecular flexibility index (Phi) is 3.36. The molecule has 0 bridgehead atoms. The molecule has 1 heterocycles. The average Bonchev–Trinajstić information content (AvgIpc) is 2.48. The van der Waals surface area contributed by atoms with Gasteiger partial charge in [-0.05, 0) is 31.2 Å². The molecule has 3 aromatic rings. The molecule has 0 aliphatic carbocycles. The van der Waals surface area contributed by atoms with Crippen LogP contribution in [0.15, 0.2) is 59.2 Å². The number of rotatable bonds is 2. The van der Waals surface area contributed by atoms with Crippen molar-refractivity contribution in [2.24, 2.45) is 0 Å². The third kappa shape index (κ3) is 2.25. The van der Waals surface area contributed by atoms with Crippen LogP contribution < -0.4 is 0 Å². The van der Waals surface area contributed by atoms with Crippen LogP contribution in [0.2, 0.25) is 0 Å². The maximum absolute atomic E-state index is 12.8. The van der Waals surface area contributed by atoms with Crippen molar-refractivity contribution in [3.05, 3.63) is 75.9 Å². The summed E-state index contributed by atoms with van der Waals surface area (Å²) in [4.78, 5) is 17.1. The second-order valence-corrected chi connectivity index (χ2v) is 5.54. The number of ketones is 1. The van der Waals surface area contributed by atoms with Crippen LogP contribution in [0, 0.1) is 6.92 Å². The Morgan fingerprint density at radius 3 is 2.75 bits per heavy atom. The van der Waals surface area contributed by atoms with Crippen LogP contribution in [-0.4, -0.2) is 10.8 Å². The summed E-state index contributed by atoms with van der Waals surface area (Å²) in [5, 5.41) is 0.883. The zero-order valence-electron chi connectivity index (χ0n) is 10.9. The smallest absolute Gasteiger partial charge is 0.194 e. The minimum absolute atomic E-state index is 0.0131. The highest BCUT2D eigenvalue weighted by Crippen LogP contribution is 2.25. The molecular formula is C17H12BrNO. The van der Waals surface area contributed by atoms with E-state index in [-0.39, 0.29) is 5.78 Å². The van der Waals surface area contributed by atoms with Crippen molar-refractivity contribution in [2.75, 3.05) is 0 Å². The molecule has 0 unspecified atom stereocenters. The lowest BCUT2D eigenvalue weighted by molar-refractivity contribution is 0.103. The molecule has 0 spiro atoms. The summed E-state index contributed by atoms with van der Waals surface area (Å²) in [6, 6.07) is 15.2. The number of aromatic nitrogens is 1. The second-order valence-electron chi connectivity index (χ2n) is 4.69. The van der Waals surface area contributed by atoms with Gasteiger partial charge >= 0.3 is 0 Å². The van der Waals surface area contributed by atoms with Gasteiger partial charge in [0.1, 0.15) is 0 Å². The van der Waals surface area contributed by atoms with Crippen molar-refractivity contribution >= 4 is 32.6 Å². The Labute approximate surface area is 125 Å². The highest BCUT2D eigenvalue weighted by atomic mass is 79.9. The van der Waals surface area contributed by atoms with Gasteiger partial charge in [0.15, 0.2) is 5.78 Å². The van der Waals surface area contributed by atoms with E-state index in [1.165, 1.54) is 0 Å². The lowest BCUT2D eigenvalue weighted by Gasteiger charge is -2.08. The van der Waals surface area contributed by atoms with E-state index in [1.54, 1.807) is 6.20 Å². The first kappa shape index (κ1) is 13.0. The normalized spacial score (nSPS) is 10.7. The second kappa shape index (κ2) is 5.17. The zero-order chi connectivity index (χ0) is 14.1. The van der Waals surface area contributed by atoms with Crippen LogP contribution in [0.5, 0.6) is 0 Å². The van der Waals surface area contributed by atoms with Crippen LogP contribution in [0.1, 0.15) is 21.5 Å². The summed E-state index contributed by atoms with van der Waals surface area (Å²) < 4.78 is 0.814. The van der Waals surface area contributed by atoms with Crippen molar-refractivity contribution in [1.29, 1.82) is 0 Å². The first-order valence-corrected chi connectivity index (χ1v) is 7.11. The van der Waals surface area contributed by atoms with Crippen LogP contribution in [0.4, 0.5) is 0 Å². The van der Waals surface area contributed by atoms with Gasteiger partial charge in [-0.2, -0.15) is 0 Å². The summed E-state index contributed by atoms with van der Waals surface area (Å²) in [7, 11) is 0. The molecule has 2 nitrogen and oxygen atoms in total. The molecule has 0 amide bonds. The van der Waals surface area contributed by atoms with Crippen LogP contribution in [0.3, 0.4) is 0 Å². The quantitative estimate of drug-likeness (QED) is 0.647. The van der Waals surface area contributed by atoms with Gasteiger partial charge in [0.2, 0.25) is 0 Å². The van der Waals surface area contributed by atoms with Gasteiger partial charge in [0, 0.05) is 27.2 Å². The van der Waals surface area contributed by atoms with Crippen LogP contribution in [-0.2, 0) is 0 Å². The average molecular weight is 326 g/mol. The van der Waals surface area contributed by atoms with E-state index in [0.29, 0.717) is 11.1 Å². The number of carbonyl (C=O) groups is 1. The van der Waals surface area contributed by atoms with Crippen LogP contribution >= 0.6 is 15.9 Å². The molecule has 0 saturated carbocycles. The number of hydrogen-bond acceptors (Lipinski definition) is 2. The number of aryl methyl sites for hydroxylation is 1. The van der Waals surface area contributed by atoms with E-state index in [0.717, 1.165) is 20.9 Å². The fraction of sp³-hybridized carbons (Fsp3) is 0.0588. The Hall–Kier alpha value is -2.00. The Morgan fingerprint density at radius 1 is 1.05 bits per heavy atom. The molecule has 0 aliphatic rings. The lowest BCUT2D eigenvalue weighted by Crippen LogP contribution is -2.04. The Balaban J connectivity index is 2.20. The standard InChI is InChI=1S/C17H12BrNO/c1-11-7-8-15(18)14(10-11)17(20)13-4-2-6-16-12(13)5-3-9-19-16/h2-10H,1H3. The molecule has 20 heavy (non-hydrogen) atoms. The van der Waals surface area contributed by atoms with Gasteiger partial charge in [-0.1, -0.05) is 45.8 Å². The van der Waals surface area contributed by atoms with Crippen molar-refractivity contribution in [3.63, 3.8) is 0 Å². The highest BCUT2D eigenvalue weighted by Gasteiger charge is 2.15. The van der Waals surface area contributed by atoms with E-state index in [1.807, 2.05) is 55.5 Å². The van der Waals surface area contributed by atoms with Crippen molar-refractivity contribution < 1.29 is 4.79 Å². The number of halogens is 1. The van der Waals surface area contributed by atoms with Crippen molar-refractivity contribution in [2.45, 2.75) is 6.92 Å². The Bertz CT molecular complexity index is 806. The first-order valence-electron chi connectivity index (χ1n) is 6.31. The number of fused-ring (bicyclic) bond motifs is 1. The molecule has 98 valence electrons. The van der Waals surface area contributed by atoms with Gasteiger partial charge in [0.05, 0.1) is 5.52 Å². The molecule has 1 aromatic heterocycles. The summed E-state index contributed by atoms with van der Waals surface area (Å²) in [6.07, 6.45) is 1.74. The fourth-order valence-electron chi connectivity index (χ4n) is 2.26. The molecule has 3 rings (SSSR count). The molecule has 0 atom stereocenters. The van der Waals surface area contributed by atoms with Crippen LogP contribution in [0.25, 0.3) is 10.9 Å². The number of nitrogens with zero attached hydrogens (tertiary/aromatic N) is 1. The minimum atomic E-state index is 0.0131. The van der Waals surface area contributed by atoms with E-state index < -0.39 is 0 Å². The molecule has 3 heteroatoms. The van der Waals surface area contributed by atoms with Crippen molar-refractivity contribution in [3.8, 4) is 0 Å². The van der Waals surface area contributed by atoms with Gasteiger partial charge < -0.3 is 0 Å². The SMILES string of the molecule is Cc1ccc(Br)c(C(=O)c2cccc3ncccc23)c1. The predicted octanol–water partition coefficient (Wildman–Crippen LogP) is 4.54. The largest absolute Gasteiger partial charge is 0.289 e. The summed E-state index contributed by atoms with van der Waals surface area (Å²) in [6.45, 7) is 1.98. The zero-order valence-corrected chi connectivity index (χ0v) is 12.5. The molecule has 0 N–H and O–H groups in total. The number of benzene rings is 2. The number of hydrogen-bond donors (Lipinski definition) is 0. The van der Waals surface area contributed by atoms with E-state index in [4.69, 9.17) is 0 Å². The Morgan fingerprint density at radius 2 is 1.90 bits per heavy atom. The summed E-state index contributed by atoms with van der Waals surface area (Å²) in [5.74, 6) is 0.0131. The molecule has 0 aliphatic heterocycles. The van der Waals surface area contributed by atoms with Gasteiger partial charge in [0.25, 0.3) is 0 Å². The third-order valence-corrected chi connectivity index (χ3v) is 3.95. The highest BCUT2D eigenvalue weighted by molar-refractivity contribution is 9.10. The molecule has 2 aromatic carbocycles. The minimum Gasteiger partial charge on any atom is -0.289 e.